The van der Waals surface area contributed by atoms with E-state index < -0.39 is 0 Å². The molecule has 2 N–H and O–H groups in total. The number of hydrogen-bond donors (Lipinski definition) is 2. The van der Waals surface area contributed by atoms with Gasteiger partial charge >= 0.3 is 0 Å². The van der Waals surface area contributed by atoms with E-state index in [-0.39, 0.29) is 5.56 Å². The van der Waals surface area contributed by atoms with Gasteiger partial charge in [-0.2, -0.15) is 5.10 Å². The molecule has 2 heterocycles. The summed E-state index contributed by atoms with van der Waals surface area (Å²) in [6, 6.07) is 1.56. The monoisotopic (exact) mass is 151 g/mol. The van der Waals surface area contributed by atoms with Crippen LogP contribution in [0.3, 0.4) is 0 Å². The second-order valence-corrected chi connectivity index (χ2v) is 2.62. The fourth-order valence-corrected chi connectivity index (χ4v) is 1.25. The quantitative estimate of drug-likeness (QED) is 0.554. The topological polar surface area (TPSA) is 57.8 Å². The molecule has 4 nitrogen and oxygen atoms in total. The Kier molecular flexibility index (Phi) is 1.38. The van der Waals surface area contributed by atoms with Crippen molar-refractivity contribution in [2.45, 2.75) is 12.8 Å². The van der Waals surface area contributed by atoms with Gasteiger partial charge in [0.15, 0.2) is 0 Å². The Bertz CT molecular complexity index is 318. The zero-order valence-electron chi connectivity index (χ0n) is 6.05. The lowest BCUT2D eigenvalue weighted by atomic mass is 10.1. The molecule has 0 atom stereocenters. The lowest BCUT2D eigenvalue weighted by Gasteiger charge is -2.14. The van der Waals surface area contributed by atoms with E-state index in [0.717, 1.165) is 30.8 Å². The molecule has 0 saturated carbocycles. The minimum absolute atomic E-state index is 0.141. The molecule has 1 aromatic rings. The molecule has 0 saturated heterocycles. The third kappa shape index (κ3) is 1.11. The molecule has 0 bridgehead atoms. The van der Waals surface area contributed by atoms with Crippen molar-refractivity contribution in [2.24, 2.45) is 0 Å². The van der Waals surface area contributed by atoms with Crippen LogP contribution in [0, 0.1) is 0 Å². The van der Waals surface area contributed by atoms with Crippen LogP contribution in [0.4, 0.5) is 5.69 Å². The van der Waals surface area contributed by atoms with Crippen LogP contribution in [-0.4, -0.2) is 16.7 Å². The van der Waals surface area contributed by atoms with Crippen molar-refractivity contribution < 1.29 is 0 Å². The average Bonchev–Trinajstić information content (AvgIpc) is 2.04. The summed E-state index contributed by atoms with van der Waals surface area (Å²) in [6.45, 7) is 0.943. The summed E-state index contributed by atoms with van der Waals surface area (Å²) >= 11 is 0. The highest BCUT2D eigenvalue weighted by molar-refractivity contribution is 5.47. The lowest BCUT2D eigenvalue weighted by Crippen LogP contribution is -2.18. The van der Waals surface area contributed by atoms with Crippen LogP contribution in [0.5, 0.6) is 0 Å². The van der Waals surface area contributed by atoms with Crippen LogP contribution in [0.15, 0.2) is 10.9 Å². The minimum atomic E-state index is -0.141. The van der Waals surface area contributed by atoms with E-state index in [0.29, 0.717) is 0 Å². The summed E-state index contributed by atoms with van der Waals surface area (Å²) in [5.74, 6) is 0. The van der Waals surface area contributed by atoms with Crippen molar-refractivity contribution in [1.82, 2.24) is 10.2 Å². The second-order valence-electron chi connectivity index (χ2n) is 2.62. The molecule has 1 aliphatic rings. The van der Waals surface area contributed by atoms with E-state index in [2.05, 4.69) is 15.5 Å². The predicted molar refractivity (Wildman–Crippen MR) is 41.7 cm³/mol. The maximum atomic E-state index is 10.8. The largest absolute Gasteiger partial charge is 0.383 e. The summed E-state index contributed by atoms with van der Waals surface area (Å²) in [7, 11) is 0. The first-order valence-corrected chi connectivity index (χ1v) is 3.69. The number of aromatic amines is 1. The van der Waals surface area contributed by atoms with E-state index in [1.165, 1.54) is 0 Å². The third-order valence-corrected chi connectivity index (χ3v) is 1.79. The Morgan fingerprint density at radius 1 is 1.55 bits per heavy atom. The Labute approximate surface area is 63.6 Å². The molecule has 0 fully saturated rings. The van der Waals surface area contributed by atoms with E-state index in [9.17, 15) is 4.79 Å². The predicted octanol–water partition coefficient (Wildman–Crippen LogP) is 0.128. The maximum Gasteiger partial charge on any atom is 0.266 e. The maximum absolute atomic E-state index is 10.8. The van der Waals surface area contributed by atoms with E-state index in [1.807, 2.05) is 0 Å². The average molecular weight is 151 g/mol. The zero-order valence-corrected chi connectivity index (χ0v) is 6.05. The van der Waals surface area contributed by atoms with Gasteiger partial charge in [-0.3, -0.25) is 4.79 Å². The van der Waals surface area contributed by atoms with Gasteiger partial charge in [0.2, 0.25) is 0 Å². The summed E-state index contributed by atoms with van der Waals surface area (Å²) in [4.78, 5) is 10.8. The Morgan fingerprint density at radius 3 is 3.36 bits per heavy atom. The van der Waals surface area contributed by atoms with Gasteiger partial charge in [0.1, 0.15) is 0 Å². The Morgan fingerprint density at radius 2 is 2.45 bits per heavy atom. The third-order valence-electron chi connectivity index (χ3n) is 1.79. The summed E-state index contributed by atoms with van der Waals surface area (Å²) in [6.07, 6.45) is 2.05. The highest BCUT2D eigenvalue weighted by atomic mass is 16.1. The van der Waals surface area contributed by atoms with Crippen molar-refractivity contribution in [3.05, 3.63) is 22.1 Å². The van der Waals surface area contributed by atoms with Gasteiger partial charge in [0.05, 0.1) is 11.4 Å². The van der Waals surface area contributed by atoms with Crippen LogP contribution in [0.25, 0.3) is 0 Å². The molecule has 0 amide bonds. The number of H-pyrrole nitrogens is 1. The van der Waals surface area contributed by atoms with E-state index >= 15 is 0 Å². The van der Waals surface area contributed by atoms with Crippen LogP contribution in [-0.2, 0) is 6.42 Å². The number of aromatic nitrogens is 2. The number of anilines is 1. The molecule has 4 heteroatoms. The molecule has 1 aliphatic heterocycles. The van der Waals surface area contributed by atoms with Crippen LogP contribution in [0.1, 0.15) is 12.1 Å². The highest BCUT2D eigenvalue weighted by Gasteiger charge is 2.08. The smallest absolute Gasteiger partial charge is 0.266 e. The van der Waals surface area contributed by atoms with Gasteiger partial charge in [0.25, 0.3) is 5.56 Å². The van der Waals surface area contributed by atoms with Crippen LogP contribution >= 0.6 is 0 Å². The normalized spacial score (nSPS) is 15.3. The molecule has 0 aliphatic carbocycles. The molecule has 2 rings (SSSR count). The van der Waals surface area contributed by atoms with E-state index in [4.69, 9.17) is 0 Å². The standard InChI is InChI=1S/C7H9N3O/c11-7-4-6-5(9-10-7)2-1-3-8-6/h4,8H,1-3H2,(H,10,11). The fraction of sp³-hybridized carbons (Fsp3) is 0.429. The molecular weight excluding hydrogens is 142 g/mol. The number of aryl methyl sites for hydroxylation is 1. The van der Waals surface area contributed by atoms with Gasteiger partial charge in [-0.05, 0) is 12.8 Å². The van der Waals surface area contributed by atoms with Crippen molar-refractivity contribution >= 4 is 5.69 Å². The second kappa shape index (κ2) is 2.38. The summed E-state index contributed by atoms with van der Waals surface area (Å²) < 4.78 is 0. The SMILES string of the molecule is O=c1cc2c(n[nH]1)CCCN2. The molecule has 58 valence electrons. The van der Waals surface area contributed by atoms with Crippen molar-refractivity contribution in [3.8, 4) is 0 Å². The molecule has 0 aromatic carbocycles. The Balaban J connectivity index is 2.51. The summed E-state index contributed by atoms with van der Waals surface area (Å²) in [5.41, 5.74) is 1.72. The highest BCUT2D eigenvalue weighted by Crippen LogP contribution is 2.15. The molecular formula is C7H9N3O. The van der Waals surface area contributed by atoms with Gasteiger partial charge in [-0.1, -0.05) is 0 Å². The van der Waals surface area contributed by atoms with Gasteiger partial charge in [-0.15, -0.1) is 0 Å². The minimum Gasteiger partial charge on any atom is -0.383 e. The molecule has 0 spiro atoms. The molecule has 0 radical (unpaired) electrons. The number of hydrogen-bond acceptors (Lipinski definition) is 3. The van der Waals surface area contributed by atoms with Gasteiger partial charge < -0.3 is 5.32 Å². The first-order valence-electron chi connectivity index (χ1n) is 3.69. The first-order chi connectivity index (χ1) is 5.36. The van der Waals surface area contributed by atoms with E-state index in [1.54, 1.807) is 6.07 Å². The van der Waals surface area contributed by atoms with Gasteiger partial charge in [-0.25, -0.2) is 5.10 Å². The molecule has 0 unspecified atom stereocenters. The first kappa shape index (κ1) is 6.39. The number of rotatable bonds is 0. The van der Waals surface area contributed by atoms with Crippen LogP contribution < -0.4 is 10.9 Å². The summed E-state index contributed by atoms with van der Waals surface area (Å²) in [5, 5.41) is 9.45. The van der Waals surface area contributed by atoms with Crippen molar-refractivity contribution in [2.75, 3.05) is 11.9 Å². The number of fused-ring (bicyclic) bond motifs is 1. The van der Waals surface area contributed by atoms with Crippen LogP contribution in [0.2, 0.25) is 0 Å². The zero-order chi connectivity index (χ0) is 7.68. The fourth-order valence-electron chi connectivity index (χ4n) is 1.25. The molecule has 1 aromatic heterocycles. The Hall–Kier alpha value is -1.32. The van der Waals surface area contributed by atoms with Crippen molar-refractivity contribution in [3.63, 3.8) is 0 Å². The number of nitrogens with one attached hydrogen (secondary N) is 2. The number of nitrogens with zero attached hydrogens (tertiary/aromatic N) is 1. The molecule has 11 heavy (non-hydrogen) atoms. The lowest BCUT2D eigenvalue weighted by molar-refractivity contribution is 0.768. The van der Waals surface area contributed by atoms with Gasteiger partial charge in [0, 0.05) is 12.6 Å². The van der Waals surface area contributed by atoms with Crippen molar-refractivity contribution in [1.29, 1.82) is 0 Å².